The number of benzene rings is 2. The summed E-state index contributed by atoms with van der Waals surface area (Å²) in [4.78, 5) is 16.1. The van der Waals surface area contributed by atoms with Gasteiger partial charge in [0.15, 0.2) is 0 Å². The molecule has 0 aliphatic carbocycles. The van der Waals surface area contributed by atoms with Crippen LogP contribution in [-0.2, 0) is 0 Å². The molecule has 2 aromatic heterocycles. The zero-order chi connectivity index (χ0) is 21.3. The minimum absolute atomic E-state index is 0.325. The maximum Gasteiger partial charge on any atom is 0.124 e. The van der Waals surface area contributed by atoms with Crippen molar-refractivity contribution < 1.29 is 0 Å². The third-order valence-electron chi connectivity index (χ3n) is 6.01. The predicted molar refractivity (Wildman–Crippen MR) is 133 cm³/mol. The summed E-state index contributed by atoms with van der Waals surface area (Å²) >= 11 is 3.82. The fourth-order valence-corrected chi connectivity index (χ4v) is 6.04. The Morgan fingerprint density at radius 2 is 1.00 bits per heavy atom. The van der Waals surface area contributed by atoms with Crippen LogP contribution in [0.3, 0.4) is 0 Å². The minimum atomic E-state index is 0.325. The Balaban J connectivity index is 1.17. The summed E-state index contributed by atoms with van der Waals surface area (Å²) in [7, 11) is 0. The number of thioether (sulfide) groups is 2. The van der Waals surface area contributed by atoms with Crippen molar-refractivity contribution >= 4 is 23.5 Å². The van der Waals surface area contributed by atoms with Gasteiger partial charge in [-0.3, -0.25) is 10.6 Å². The normalized spacial score (nSPS) is 20.8. The monoisotopic (exact) mass is 460 g/mol. The molecule has 162 valence electrons. The van der Waals surface area contributed by atoms with Crippen molar-refractivity contribution in [3.63, 3.8) is 0 Å². The Kier molecular flexibility index (Phi) is 5.52. The Morgan fingerprint density at radius 1 is 0.594 bits per heavy atom. The van der Waals surface area contributed by atoms with E-state index in [2.05, 4.69) is 79.1 Å². The summed E-state index contributed by atoms with van der Waals surface area (Å²) in [6.45, 7) is 0. The van der Waals surface area contributed by atoms with E-state index in [1.54, 1.807) is 0 Å². The van der Waals surface area contributed by atoms with Gasteiger partial charge in [-0.15, -0.1) is 23.5 Å². The molecule has 2 aliphatic heterocycles. The molecule has 0 bridgehead atoms. The van der Waals surface area contributed by atoms with Crippen LogP contribution in [0.5, 0.6) is 0 Å². The van der Waals surface area contributed by atoms with Crippen molar-refractivity contribution in [2.75, 3.05) is 23.3 Å². The van der Waals surface area contributed by atoms with E-state index in [4.69, 9.17) is 0 Å². The van der Waals surface area contributed by atoms with Crippen molar-refractivity contribution in [1.29, 1.82) is 0 Å². The Labute approximate surface area is 195 Å². The molecule has 0 radical (unpaired) electrons. The molecule has 4 N–H and O–H groups in total. The SMILES string of the molecule is c1cc(-c2cnc([C@H]3CSCN3)[nH]2)ccc1-c1ccc(-c2cnc([C@H]3CSCN3)[nH]2)cc1. The van der Waals surface area contributed by atoms with Crippen LogP contribution in [0, 0.1) is 0 Å². The number of hydrogen-bond acceptors (Lipinski definition) is 6. The highest BCUT2D eigenvalue weighted by atomic mass is 32.2. The van der Waals surface area contributed by atoms with Crippen molar-refractivity contribution in [2.24, 2.45) is 0 Å². The van der Waals surface area contributed by atoms with Gasteiger partial charge >= 0.3 is 0 Å². The van der Waals surface area contributed by atoms with Crippen LogP contribution in [0.25, 0.3) is 33.6 Å². The number of hydrogen-bond donors (Lipinski definition) is 4. The lowest BCUT2D eigenvalue weighted by Gasteiger charge is -2.07. The Morgan fingerprint density at radius 3 is 1.38 bits per heavy atom. The van der Waals surface area contributed by atoms with E-state index in [-0.39, 0.29) is 0 Å². The summed E-state index contributed by atoms with van der Waals surface area (Å²) in [5, 5.41) is 6.92. The molecule has 0 unspecified atom stereocenters. The second-order valence-electron chi connectivity index (χ2n) is 8.06. The van der Waals surface area contributed by atoms with Gasteiger partial charge in [-0.05, 0) is 22.3 Å². The summed E-state index contributed by atoms with van der Waals surface area (Å²) in [5.41, 5.74) is 6.83. The van der Waals surface area contributed by atoms with E-state index in [0.717, 1.165) is 57.4 Å². The number of nitrogens with zero attached hydrogens (tertiary/aromatic N) is 2. The summed E-state index contributed by atoms with van der Waals surface area (Å²) in [6, 6.07) is 18.0. The van der Waals surface area contributed by atoms with Gasteiger partial charge in [0.25, 0.3) is 0 Å². The molecule has 6 rings (SSSR count). The fourth-order valence-electron chi connectivity index (χ4n) is 4.15. The molecule has 8 heteroatoms. The first-order valence-electron chi connectivity index (χ1n) is 10.8. The molecule has 32 heavy (non-hydrogen) atoms. The zero-order valence-corrected chi connectivity index (χ0v) is 19.1. The molecule has 6 nitrogen and oxygen atoms in total. The lowest BCUT2D eigenvalue weighted by molar-refractivity contribution is 0.641. The quantitative estimate of drug-likeness (QED) is 0.342. The molecule has 2 saturated heterocycles. The van der Waals surface area contributed by atoms with E-state index >= 15 is 0 Å². The van der Waals surface area contributed by atoms with Gasteiger partial charge in [0, 0.05) is 23.3 Å². The second kappa shape index (κ2) is 8.78. The molecule has 2 aliphatic rings. The van der Waals surface area contributed by atoms with E-state index in [9.17, 15) is 0 Å². The first-order chi connectivity index (χ1) is 15.8. The molecule has 2 atom stereocenters. The van der Waals surface area contributed by atoms with Crippen molar-refractivity contribution in [1.82, 2.24) is 30.6 Å². The number of rotatable bonds is 5. The third-order valence-corrected chi connectivity index (χ3v) is 7.89. The van der Waals surface area contributed by atoms with Crippen molar-refractivity contribution in [2.45, 2.75) is 12.1 Å². The topological polar surface area (TPSA) is 81.4 Å². The van der Waals surface area contributed by atoms with Crippen molar-refractivity contribution in [3.8, 4) is 33.6 Å². The second-order valence-corrected chi connectivity index (χ2v) is 10.1. The first kappa shape index (κ1) is 20.1. The summed E-state index contributed by atoms with van der Waals surface area (Å²) in [6.07, 6.45) is 3.87. The molecular weight excluding hydrogens is 436 g/mol. The summed E-state index contributed by atoms with van der Waals surface area (Å²) in [5.74, 6) is 6.17. The maximum atomic E-state index is 4.58. The highest BCUT2D eigenvalue weighted by Gasteiger charge is 2.20. The molecular formula is C24H24N6S2. The van der Waals surface area contributed by atoms with E-state index < -0.39 is 0 Å². The fraction of sp³-hybridized carbons (Fsp3) is 0.250. The van der Waals surface area contributed by atoms with Gasteiger partial charge in [0.1, 0.15) is 11.6 Å². The lowest BCUT2D eigenvalue weighted by atomic mass is 10.0. The number of imidazole rings is 2. The first-order valence-corrected chi connectivity index (χ1v) is 13.1. The van der Waals surface area contributed by atoms with Gasteiger partial charge in [0.05, 0.1) is 35.9 Å². The van der Waals surface area contributed by atoms with Gasteiger partial charge in [0.2, 0.25) is 0 Å². The highest BCUT2D eigenvalue weighted by Crippen LogP contribution is 2.29. The average molecular weight is 461 g/mol. The van der Waals surface area contributed by atoms with Crippen LogP contribution in [0.4, 0.5) is 0 Å². The average Bonchev–Trinajstić information content (AvgIpc) is 3.66. The van der Waals surface area contributed by atoms with Crippen LogP contribution in [0.1, 0.15) is 23.7 Å². The molecule has 2 fully saturated rings. The van der Waals surface area contributed by atoms with Gasteiger partial charge in [-0.1, -0.05) is 48.5 Å². The van der Waals surface area contributed by atoms with E-state index in [0.29, 0.717) is 12.1 Å². The Hall–Kier alpha value is -2.52. The largest absolute Gasteiger partial charge is 0.341 e. The predicted octanol–water partition coefficient (Wildman–Crippen LogP) is 4.80. The standard InChI is InChI=1S/C24H24N6S2/c1-5-17(19-9-25-23(29-19)21-11-31-13-27-21)6-2-15(1)16-3-7-18(8-4-16)20-10-26-24(30-20)22-12-32-14-28-22/h1-10,21-22,27-28H,11-14H2,(H,25,29)(H,26,30)/t21-,22-/m1/s1. The van der Waals surface area contributed by atoms with Gasteiger partial charge in [-0.25, -0.2) is 9.97 Å². The smallest absolute Gasteiger partial charge is 0.124 e. The van der Waals surface area contributed by atoms with Crippen LogP contribution in [0.2, 0.25) is 0 Å². The highest BCUT2D eigenvalue weighted by molar-refractivity contribution is 7.99. The Bertz CT molecular complexity index is 1090. The van der Waals surface area contributed by atoms with E-state index in [1.165, 1.54) is 11.1 Å². The van der Waals surface area contributed by atoms with Crippen LogP contribution in [0.15, 0.2) is 60.9 Å². The molecule has 2 aromatic carbocycles. The molecule has 0 spiro atoms. The zero-order valence-electron chi connectivity index (χ0n) is 17.5. The summed E-state index contributed by atoms with van der Waals surface area (Å²) < 4.78 is 0. The van der Waals surface area contributed by atoms with E-state index in [1.807, 2.05) is 35.9 Å². The number of aromatic nitrogens is 4. The molecule has 4 heterocycles. The number of H-pyrrole nitrogens is 2. The van der Waals surface area contributed by atoms with Crippen LogP contribution in [-0.4, -0.2) is 43.2 Å². The minimum Gasteiger partial charge on any atom is -0.341 e. The van der Waals surface area contributed by atoms with Crippen LogP contribution < -0.4 is 10.6 Å². The third kappa shape index (κ3) is 3.99. The molecule has 0 saturated carbocycles. The molecule has 0 amide bonds. The van der Waals surface area contributed by atoms with Crippen LogP contribution >= 0.6 is 23.5 Å². The number of nitrogens with one attached hydrogen (secondary N) is 4. The van der Waals surface area contributed by atoms with Crippen molar-refractivity contribution in [3.05, 3.63) is 72.6 Å². The lowest BCUT2D eigenvalue weighted by Crippen LogP contribution is -2.15. The van der Waals surface area contributed by atoms with Gasteiger partial charge < -0.3 is 9.97 Å². The maximum absolute atomic E-state index is 4.58. The molecule has 4 aromatic rings. The van der Waals surface area contributed by atoms with Gasteiger partial charge in [-0.2, -0.15) is 0 Å². The number of aromatic amines is 2.